The largest absolute Gasteiger partial charge is 0.253 e. The van der Waals surface area contributed by atoms with Crippen LogP contribution in [0.3, 0.4) is 0 Å². The van der Waals surface area contributed by atoms with Gasteiger partial charge in [0.05, 0.1) is 11.4 Å². The van der Waals surface area contributed by atoms with E-state index < -0.39 is 0 Å². The monoisotopic (exact) mass is 420 g/mol. The number of rotatable bonds is 2. The molecule has 0 radical (unpaired) electrons. The molecule has 4 bridgehead atoms. The minimum absolute atomic E-state index is 0.448. The molecule has 0 N–H and O–H groups in total. The maximum atomic E-state index is 5.15. The first-order valence-corrected chi connectivity index (χ1v) is 12.4. The maximum Gasteiger partial charge on any atom is 0.0705 e. The van der Waals surface area contributed by atoms with Crippen molar-refractivity contribution in [1.29, 1.82) is 0 Å². The average Bonchev–Trinajstić information content (AvgIpc) is 2.82. The van der Waals surface area contributed by atoms with Crippen LogP contribution in [-0.2, 0) is 12.8 Å². The summed E-state index contributed by atoms with van der Waals surface area (Å²) < 4.78 is 0. The Hall–Kier alpha value is -2.48. The second kappa shape index (κ2) is 6.10. The van der Waals surface area contributed by atoms with Gasteiger partial charge in [-0.3, -0.25) is 9.97 Å². The van der Waals surface area contributed by atoms with Gasteiger partial charge in [0.25, 0.3) is 0 Å². The van der Waals surface area contributed by atoms with Crippen LogP contribution in [0.5, 0.6) is 0 Å². The molecule has 6 aliphatic carbocycles. The molecule has 162 valence electrons. The zero-order valence-electron chi connectivity index (χ0n) is 19.7. The molecule has 0 amide bonds. The fraction of sp³-hybridized carbons (Fsp3) is 0.467. The van der Waals surface area contributed by atoms with Gasteiger partial charge in [0.15, 0.2) is 0 Å². The fourth-order valence-corrected chi connectivity index (χ4v) is 7.39. The van der Waals surface area contributed by atoms with Gasteiger partial charge in [0, 0.05) is 22.5 Å². The Labute approximate surface area is 191 Å². The van der Waals surface area contributed by atoms with Crippen molar-refractivity contribution in [3.63, 3.8) is 0 Å². The lowest BCUT2D eigenvalue weighted by atomic mass is 9.48. The van der Waals surface area contributed by atoms with E-state index in [1.165, 1.54) is 46.5 Å². The van der Waals surface area contributed by atoms with Crippen LogP contribution in [0.4, 0.5) is 0 Å². The highest BCUT2D eigenvalue weighted by Crippen LogP contribution is 2.62. The highest BCUT2D eigenvalue weighted by molar-refractivity contribution is 5.70. The molecule has 0 saturated heterocycles. The standard InChI is InChI=1S/C30H32N2/c1-29(2)19-13-23(29)21-8-10-25(31-27(21)15-19)17-6-5-7-18(12-17)26-11-9-22-24-14-20(30(24,3)4)16-28(22)32-26/h5-12,19-20,23-24H,13-16H2,1-4H3/t19-,20-,23+,24+/m1/s1. The summed E-state index contributed by atoms with van der Waals surface area (Å²) >= 11 is 0. The maximum absolute atomic E-state index is 5.15. The second-order valence-electron chi connectivity index (χ2n) is 12.1. The second-order valence-corrected chi connectivity index (χ2v) is 12.1. The lowest BCUT2D eigenvalue weighted by Gasteiger charge is -2.56. The van der Waals surface area contributed by atoms with E-state index in [1.807, 2.05) is 0 Å². The molecule has 2 aromatic heterocycles. The first-order valence-electron chi connectivity index (χ1n) is 12.4. The minimum Gasteiger partial charge on any atom is -0.253 e. The Morgan fingerprint density at radius 3 is 1.56 bits per heavy atom. The molecule has 2 heterocycles. The van der Waals surface area contributed by atoms with Crippen LogP contribution in [0.1, 0.15) is 74.9 Å². The van der Waals surface area contributed by atoms with Crippen LogP contribution in [0, 0.1) is 22.7 Å². The number of pyridine rings is 2. The SMILES string of the molecule is CC1(C)[C@H]2Cc3nc(-c4cccc(-c5ccc6c(n5)C[C@H]5C[C@@H]6C5(C)C)c4)ccc3[C@@H]1C2. The summed E-state index contributed by atoms with van der Waals surface area (Å²) in [4.78, 5) is 10.3. The predicted octanol–water partition coefficient (Wildman–Crippen LogP) is 7.18. The molecule has 2 nitrogen and oxygen atoms in total. The van der Waals surface area contributed by atoms with Crippen molar-refractivity contribution in [2.75, 3.05) is 0 Å². The van der Waals surface area contributed by atoms with E-state index in [-0.39, 0.29) is 0 Å². The number of nitrogens with zero attached hydrogens (tertiary/aromatic N) is 2. The quantitative estimate of drug-likeness (QED) is 0.439. The van der Waals surface area contributed by atoms with Crippen molar-refractivity contribution in [3.05, 3.63) is 71.0 Å². The van der Waals surface area contributed by atoms with E-state index in [0.717, 1.165) is 36.1 Å². The summed E-state index contributed by atoms with van der Waals surface area (Å²) in [5.74, 6) is 2.98. The Morgan fingerprint density at radius 1 is 0.656 bits per heavy atom. The highest BCUT2D eigenvalue weighted by Gasteiger charge is 2.53. The van der Waals surface area contributed by atoms with E-state index >= 15 is 0 Å². The Balaban J connectivity index is 1.22. The molecule has 0 unspecified atom stereocenters. The smallest absolute Gasteiger partial charge is 0.0705 e. The Bertz CT molecular complexity index is 1170. The van der Waals surface area contributed by atoms with Crippen LogP contribution in [0.25, 0.3) is 22.5 Å². The zero-order valence-corrected chi connectivity index (χ0v) is 19.7. The molecular weight excluding hydrogens is 388 g/mol. The van der Waals surface area contributed by atoms with E-state index in [2.05, 4.69) is 76.2 Å². The molecule has 0 spiro atoms. The molecule has 32 heavy (non-hydrogen) atoms. The average molecular weight is 421 g/mol. The molecule has 3 aromatic rings. The summed E-state index contributed by atoms with van der Waals surface area (Å²) in [5.41, 5.74) is 11.2. The molecule has 9 rings (SSSR count). The molecule has 2 fully saturated rings. The zero-order chi connectivity index (χ0) is 21.8. The summed E-state index contributed by atoms with van der Waals surface area (Å²) in [6.07, 6.45) is 4.97. The van der Waals surface area contributed by atoms with Crippen molar-refractivity contribution < 1.29 is 0 Å². The van der Waals surface area contributed by atoms with Gasteiger partial charge < -0.3 is 0 Å². The molecule has 6 aliphatic rings. The van der Waals surface area contributed by atoms with Crippen molar-refractivity contribution in [3.8, 4) is 22.5 Å². The van der Waals surface area contributed by atoms with Crippen molar-refractivity contribution in [2.45, 2.75) is 65.2 Å². The predicted molar refractivity (Wildman–Crippen MR) is 130 cm³/mol. The van der Waals surface area contributed by atoms with Crippen LogP contribution in [0.2, 0.25) is 0 Å². The first kappa shape index (κ1) is 19.0. The Morgan fingerprint density at radius 2 is 1.12 bits per heavy atom. The number of hydrogen-bond acceptors (Lipinski definition) is 2. The van der Waals surface area contributed by atoms with Gasteiger partial charge in [-0.2, -0.15) is 0 Å². The van der Waals surface area contributed by atoms with E-state index in [9.17, 15) is 0 Å². The van der Waals surface area contributed by atoms with Crippen molar-refractivity contribution >= 4 is 0 Å². The van der Waals surface area contributed by atoms with Crippen LogP contribution >= 0.6 is 0 Å². The lowest BCUT2D eigenvalue weighted by Crippen LogP contribution is -2.48. The van der Waals surface area contributed by atoms with Gasteiger partial charge in [0.2, 0.25) is 0 Å². The van der Waals surface area contributed by atoms with Gasteiger partial charge >= 0.3 is 0 Å². The molecule has 4 atom stereocenters. The molecule has 2 heteroatoms. The summed E-state index contributed by atoms with van der Waals surface area (Å²) in [6.45, 7) is 9.73. The lowest BCUT2D eigenvalue weighted by molar-refractivity contribution is 0.0170. The molecule has 1 aromatic carbocycles. The van der Waals surface area contributed by atoms with Crippen LogP contribution in [0.15, 0.2) is 48.5 Å². The fourth-order valence-electron chi connectivity index (χ4n) is 7.39. The van der Waals surface area contributed by atoms with Gasteiger partial charge in [0.1, 0.15) is 0 Å². The normalized spacial score (nSPS) is 29.9. The van der Waals surface area contributed by atoms with E-state index in [1.54, 1.807) is 0 Å². The van der Waals surface area contributed by atoms with Crippen LogP contribution < -0.4 is 0 Å². The molecule has 0 aliphatic heterocycles. The number of hydrogen-bond donors (Lipinski definition) is 0. The third-order valence-corrected chi connectivity index (χ3v) is 10.0. The topological polar surface area (TPSA) is 25.8 Å². The van der Waals surface area contributed by atoms with Crippen molar-refractivity contribution in [2.24, 2.45) is 22.7 Å². The Kier molecular flexibility index (Phi) is 3.63. The summed E-state index contributed by atoms with van der Waals surface area (Å²) in [5, 5.41) is 0. The van der Waals surface area contributed by atoms with Crippen molar-refractivity contribution in [1.82, 2.24) is 9.97 Å². The highest BCUT2D eigenvalue weighted by atomic mass is 14.8. The summed E-state index contributed by atoms with van der Waals surface area (Å²) in [6, 6.07) is 18.0. The number of benzene rings is 1. The van der Waals surface area contributed by atoms with Gasteiger partial charge in [-0.1, -0.05) is 58.0 Å². The molecular formula is C30H32N2. The molecule has 2 saturated carbocycles. The third kappa shape index (κ3) is 2.42. The minimum atomic E-state index is 0.448. The van der Waals surface area contributed by atoms with E-state index in [4.69, 9.17) is 9.97 Å². The van der Waals surface area contributed by atoms with Crippen LogP contribution in [-0.4, -0.2) is 9.97 Å². The van der Waals surface area contributed by atoms with Gasteiger partial charge in [-0.25, -0.2) is 0 Å². The van der Waals surface area contributed by atoms with E-state index in [0.29, 0.717) is 22.7 Å². The third-order valence-electron chi connectivity index (χ3n) is 10.0. The number of aromatic nitrogens is 2. The first-order chi connectivity index (χ1) is 15.3. The summed E-state index contributed by atoms with van der Waals surface area (Å²) in [7, 11) is 0. The van der Waals surface area contributed by atoms with Gasteiger partial charge in [-0.15, -0.1) is 0 Å². The van der Waals surface area contributed by atoms with Gasteiger partial charge in [-0.05, 0) is 89.5 Å².